The molecule has 0 aliphatic carbocycles. The molecule has 0 spiro atoms. The first-order valence-corrected chi connectivity index (χ1v) is 7.14. The lowest BCUT2D eigenvalue weighted by Gasteiger charge is -2.25. The topological polar surface area (TPSA) is 75.4 Å². The Bertz CT molecular complexity index is 506. The molecule has 0 bridgehead atoms. The minimum Gasteiger partial charge on any atom is -0.398 e. The fourth-order valence-electron chi connectivity index (χ4n) is 1.47. The van der Waals surface area contributed by atoms with E-state index in [-0.39, 0.29) is 6.54 Å². The normalized spacial score (nSPS) is 12.9. The Balaban J connectivity index is 2.83. The van der Waals surface area contributed by atoms with Crippen molar-refractivity contribution in [3.05, 3.63) is 29.8 Å². The summed E-state index contributed by atoms with van der Waals surface area (Å²) in [4.78, 5) is 0. The standard InChI is InChI=1S/C12H21N3O2S/c1-12(2,3)14-18(16,17)15(4)9-10-7-5-6-8-11(10)13/h5-8,14H,9,13H2,1-4H3. The Hall–Kier alpha value is -1.11. The van der Waals surface area contributed by atoms with Gasteiger partial charge in [-0.05, 0) is 32.4 Å². The number of benzene rings is 1. The number of nitrogens with zero attached hydrogens (tertiary/aromatic N) is 1. The highest BCUT2D eigenvalue weighted by molar-refractivity contribution is 7.87. The molecule has 1 aromatic carbocycles. The summed E-state index contributed by atoms with van der Waals surface area (Å²) >= 11 is 0. The van der Waals surface area contributed by atoms with Crippen molar-refractivity contribution in [2.75, 3.05) is 12.8 Å². The van der Waals surface area contributed by atoms with Crippen molar-refractivity contribution in [3.63, 3.8) is 0 Å². The van der Waals surface area contributed by atoms with Crippen LogP contribution in [0.25, 0.3) is 0 Å². The molecule has 0 atom stereocenters. The highest BCUT2D eigenvalue weighted by atomic mass is 32.2. The van der Waals surface area contributed by atoms with Crippen LogP contribution in [0.5, 0.6) is 0 Å². The van der Waals surface area contributed by atoms with Gasteiger partial charge in [-0.25, -0.2) is 0 Å². The molecule has 1 aromatic rings. The van der Waals surface area contributed by atoms with Crippen LogP contribution < -0.4 is 10.5 Å². The quantitative estimate of drug-likeness (QED) is 0.811. The number of hydrogen-bond acceptors (Lipinski definition) is 3. The van der Waals surface area contributed by atoms with Crippen LogP contribution in [-0.2, 0) is 16.8 Å². The summed E-state index contributed by atoms with van der Waals surface area (Å²) in [5.74, 6) is 0. The van der Waals surface area contributed by atoms with Crippen molar-refractivity contribution in [3.8, 4) is 0 Å². The Morgan fingerprint density at radius 3 is 2.33 bits per heavy atom. The second-order valence-electron chi connectivity index (χ2n) is 5.31. The molecule has 0 aromatic heterocycles. The number of nitrogen functional groups attached to an aromatic ring is 1. The van der Waals surface area contributed by atoms with Gasteiger partial charge in [-0.15, -0.1) is 0 Å². The largest absolute Gasteiger partial charge is 0.398 e. The molecule has 0 radical (unpaired) electrons. The summed E-state index contributed by atoms with van der Waals surface area (Å²) in [5.41, 5.74) is 6.68. The Labute approximate surface area is 109 Å². The van der Waals surface area contributed by atoms with Gasteiger partial charge in [-0.1, -0.05) is 18.2 Å². The third kappa shape index (κ3) is 4.29. The van der Waals surface area contributed by atoms with Gasteiger partial charge in [0.2, 0.25) is 0 Å². The van der Waals surface area contributed by atoms with E-state index < -0.39 is 15.7 Å². The Morgan fingerprint density at radius 1 is 1.28 bits per heavy atom. The van der Waals surface area contributed by atoms with Crippen molar-refractivity contribution in [1.29, 1.82) is 0 Å². The lowest BCUT2D eigenvalue weighted by atomic mass is 10.1. The summed E-state index contributed by atoms with van der Waals surface area (Å²) in [6.45, 7) is 5.65. The van der Waals surface area contributed by atoms with E-state index in [2.05, 4.69) is 4.72 Å². The van der Waals surface area contributed by atoms with E-state index in [1.807, 2.05) is 18.2 Å². The molecule has 0 saturated carbocycles. The van der Waals surface area contributed by atoms with Gasteiger partial charge >= 0.3 is 0 Å². The van der Waals surface area contributed by atoms with E-state index in [0.717, 1.165) is 5.56 Å². The number of para-hydroxylation sites is 1. The molecule has 18 heavy (non-hydrogen) atoms. The highest BCUT2D eigenvalue weighted by Crippen LogP contribution is 2.15. The molecule has 0 aliphatic rings. The van der Waals surface area contributed by atoms with Gasteiger partial charge in [0.25, 0.3) is 10.2 Å². The fraction of sp³-hybridized carbons (Fsp3) is 0.500. The second kappa shape index (κ2) is 5.26. The molecule has 0 aliphatic heterocycles. The van der Waals surface area contributed by atoms with E-state index in [0.29, 0.717) is 5.69 Å². The maximum absolute atomic E-state index is 12.0. The number of anilines is 1. The molecule has 102 valence electrons. The number of rotatable bonds is 4. The lowest BCUT2D eigenvalue weighted by Crippen LogP contribution is -2.47. The predicted octanol–water partition coefficient (Wildman–Crippen LogP) is 1.33. The van der Waals surface area contributed by atoms with E-state index in [1.165, 1.54) is 11.4 Å². The van der Waals surface area contributed by atoms with Gasteiger partial charge in [-0.2, -0.15) is 17.4 Å². The molecular formula is C12H21N3O2S. The van der Waals surface area contributed by atoms with Gasteiger partial charge < -0.3 is 5.73 Å². The van der Waals surface area contributed by atoms with Gasteiger partial charge in [0.05, 0.1) is 0 Å². The van der Waals surface area contributed by atoms with Crippen molar-refractivity contribution in [1.82, 2.24) is 9.03 Å². The Kier molecular flexibility index (Phi) is 4.37. The maximum atomic E-state index is 12.0. The summed E-state index contributed by atoms with van der Waals surface area (Å²) in [6.07, 6.45) is 0. The van der Waals surface area contributed by atoms with Crippen LogP contribution in [0.15, 0.2) is 24.3 Å². The molecule has 0 unspecified atom stereocenters. The summed E-state index contributed by atoms with van der Waals surface area (Å²) in [7, 11) is -1.98. The third-order valence-electron chi connectivity index (χ3n) is 2.29. The van der Waals surface area contributed by atoms with E-state index in [4.69, 9.17) is 5.73 Å². The minimum absolute atomic E-state index is 0.248. The van der Waals surface area contributed by atoms with E-state index in [1.54, 1.807) is 26.8 Å². The monoisotopic (exact) mass is 271 g/mol. The predicted molar refractivity (Wildman–Crippen MR) is 74.1 cm³/mol. The lowest BCUT2D eigenvalue weighted by molar-refractivity contribution is 0.421. The average Bonchev–Trinajstić information content (AvgIpc) is 2.17. The highest BCUT2D eigenvalue weighted by Gasteiger charge is 2.24. The van der Waals surface area contributed by atoms with Crippen LogP contribution in [0.3, 0.4) is 0 Å². The van der Waals surface area contributed by atoms with Gasteiger partial charge in [0.1, 0.15) is 0 Å². The SMILES string of the molecule is CN(Cc1ccccc1N)S(=O)(=O)NC(C)(C)C. The van der Waals surface area contributed by atoms with Crippen molar-refractivity contribution in [2.24, 2.45) is 0 Å². The van der Waals surface area contributed by atoms with Gasteiger partial charge in [0.15, 0.2) is 0 Å². The van der Waals surface area contributed by atoms with Crippen molar-refractivity contribution < 1.29 is 8.42 Å². The van der Waals surface area contributed by atoms with Crippen LogP contribution in [-0.4, -0.2) is 25.3 Å². The first-order valence-electron chi connectivity index (χ1n) is 5.70. The molecular weight excluding hydrogens is 250 g/mol. The number of hydrogen-bond donors (Lipinski definition) is 2. The van der Waals surface area contributed by atoms with E-state index in [9.17, 15) is 8.42 Å². The molecule has 0 saturated heterocycles. The first-order chi connectivity index (χ1) is 8.12. The zero-order chi connectivity index (χ0) is 14.0. The molecule has 6 heteroatoms. The first kappa shape index (κ1) is 14.9. The van der Waals surface area contributed by atoms with Crippen LogP contribution in [0, 0.1) is 0 Å². The number of nitrogens with two attached hydrogens (primary N) is 1. The summed E-state index contributed by atoms with van der Waals surface area (Å²) in [6, 6.07) is 7.23. The maximum Gasteiger partial charge on any atom is 0.279 e. The Morgan fingerprint density at radius 2 is 1.83 bits per heavy atom. The van der Waals surface area contributed by atoms with Crippen molar-refractivity contribution in [2.45, 2.75) is 32.9 Å². The zero-order valence-corrected chi connectivity index (χ0v) is 12.1. The molecule has 0 heterocycles. The van der Waals surface area contributed by atoms with Crippen LogP contribution in [0.4, 0.5) is 5.69 Å². The summed E-state index contributed by atoms with van der Waals surface area (Å²) < 4.78 is 27.9. The van der Waals surface area contributed by atoms with Crippen LogP contribution in [0.1, 0.15) is 26.3 Å². The summed E-state index contributed by atoms with van der Waals surface area (Å²) in [5, 5.41) is 0. The second-order valence-corrected chi connectivity index (χ2v) is 7.09. The molecule has 5 nitrogen and oxygen atoms in total. The molecule has 0 amide bonds. The number of nitrogens with one attached hydrogen (secondary N) is 1. The fourth-order valence-corrected chi connectivity index (χ4v) is 2.71. The zero-order valence-electron chi connectivity index (χ0n) is 11.3. The average molecular weight is 271 g/mol. The van der Waals surface area contributed by atoms with Crippen LogP contribution in [0.2, 0.25) is 0 Å². The third-order valence-corrected chi connectivity index (χ3v) is 4.11. The van der Waals surface area contributed by atoms with Crippen LogP contribution >= 0.6 is 0 Å². The van der Waals surface area contributed by atoms with Crippen molar-refractivity contribution >= 4 is 15.9 Å². The smallest absolute Gasteiger partial charge is 0.279 e. The molecule has 1 rings (SSSR count). The van der Waals surface area contributed by atoms with E-state index >= 15 is 0 Å². The van der Waals surface area contributed by atoms with Gasteiger partial charge in [-0.3, -0.25) is 0 Å². The molecule has 3 N–H and O–H groups in total. The minimum atomic E-state index is -3.51. The molecule has 0 fully saturated rings. The van der Waals surface area contributed by atoms with Gasteiger partial charge in [0, 0.05) is 24.8 Å².